The first kappa shape index (κ1) is 12.6. The quantitative estimate of drug-likeness (QED) is 0.939. The molecule has 1 aromatic heterocycles. The molecule has 0 amide bonds. The van der Waals surface area contributed by atoms with Crippen LogP contribution in [0.1, 0.15) is 0 Å². The molecule has 0 fully saturated rings. The fraction of sp³-hybridized carbons (Fsp3) is 0.0909. The van der Waals surface area contributed by atoms with Crippen LogP contribution in [-0.2, 0) is 10.0 Å². The summed E-state index contributed by atoms with van der Waals surface area (Å²) in [6.07, 6.45) is 0. The maximum absolute atomic E-state index is 11.6. The SMILES string of the molecule is CNS(=O)(=O)c1cc(Sc2ccccc2)cs1. The molecule has 1 heterocycles. The second-order valence-corrected chi connectivity index (χ2v) is 7.40. The zero-order valence-corrected chi connectivity index (χ0v) is 11.5. The Bertz CT molecular complexity index is 590. The third-order valence-electron chi connectivity index (χ3n) is 2.06. The molecule has 3 nitrogen and oxygen atoms in total. The van der Waals surface area contributed by atoms with Crippen molar-refractivity contribution >= 4 is 33.1 Å². The Kier molecular flexibility index (Phi) is 3.88. The number of sulfonamides is 1. The van der Waals surface area contributed by atoms with Crippen molar-refractivity contribution in [2.75, 3.05) is 7.05 Å². The molecule has 0 aliphatic rings. The summed E-state index contributed by atoms with van der Waals surface area (Å²) in [7, 11) is -1.90. The highest BCUT2D eigenvalue weighted by Gasteiger charge is 2.14. The molecule has 0 spiro atoms. The second kappa shape index (κ2) is 5.22. The summed E-state index contributed by atoms with van der Waals surface area (Å²) in [6.45, 7) is 0. The summed E-state index contributed by atoms with van der Waals surface area (Å²) in [5.41, 5.74) is 0. The number of hydrogen-bond acceptors (Lipinski definition) is 4. The van der Waals surface area contributed by atoms with Gasteiger partial charge in [-0.15, -0.1) is 11.3 Å². The minimum absolute atomic E-state index is 0.346. The molecule has 90 valence electrons. The lowest BCUT2D eigenvalue weighted by atomic mass is 10.4. The fourth-order valence-electron chi connectivity index (χ4n) is 1.22. The zero-order valence-electron chi connectivity index (χ0n) is 9.08. The van der Waals surface area contributed by atoms with Crippen LogP contribution in [0.25, 0.3) is 0 Å². The van der Waals surface area contributed by atoms with Gasteiger partial charge in [0.05, 0.1) is 0 Å². The van der Waals surface area contributed by atoms with E-state index in [2.05, 4.69) is 4.72 Å². The van der Waals surface area contributed by atoms with Crippen molar-refractivity contribution in [2.24, 2.45) is 0 Å². The second-order valence-electron chi connectivity index (χ2n) is 3.22. The van der Waals surface area contributed by atoms with Crippen LogP contribution < -0.4 is 4.72 Å². The van der Waals surface area contributed by atoms with Gasteiger partial charge in [0.1, 0.15) is 4.21 Å². The highest BCUT2D eigenvalue weighted by Crippen LogP contribution is 2.32. The van der Waals surface area contributed by atoms with Gasteiger partial charge in [-0.05, 0) is 25.2 Å². The van der Waals surface area contributed by atoms with Crippen LogP contribution in [0.5, 0.6) is 0 Å². The van der Waals surface area contributed by atoms with Crippen molar-refractivity contribution < 1.29 is 8.42 Å². The van der Waals surface area contributed by atoms with E-state index in [0.717, 1.165) is 9.79 Å². The van der Waals surface area contributed by atoms with Crippen molar-refractivity contribution in [3.05, 3.63) is 41.8 Å². The van der Waals surface area contributed by atoms with E-state index in [-0.39, 0.29) is 0 Å². The minimum atomic E-state index is -3.31. The van der Waals surface area contributed by atoms with Crippen LogP contribution in [0.15, 0.2) is 55.8 Å². The lowest BCUT2D eigenvalue weighted by molar-refractivity contribution is 0.590. The maximum atomic E-state index is 11.6. The van der Waals surface area contributed by atoms with E-state index in [4.69, 9.17) is 0 Å². The number of nitrogens with one attached hydrogen (secondary N) is 1. The molecule has 6 heteroatoms. The molecule has 1 aromatic carbocycles. The minimum Gasteiger partial charge on any atom is -0.214 e. The van der Waals surface area contributed by atoms with Crippen molar-refractivity contribution in [1.29, 1.82) is 0 Å². The third-order valence-corrected chi connectivity index (χ3v) is 6.05. The Morgan fingerprint density at radius 1 is 1.18 bits per heavy atom. The van der Waals surface area contributed by atoms with Crippen LogP contribution in [0, 0.1) is 0 Å². The summed E-state index contributed by atoms with van der Waals surface area (Å²) in [6, 6.07) is 11.5. The summed E-state index contributed by atoms with van der Waals surface area (Å²) in [5, 5.41) is 1.85. The molecule has 0 unspecified atom stereocenters. The number of benzene rings is 1. The van der Waals surface area contributed by atoms with Crippen molar-refractivity contribution in [3.63, 3.8) is 0 Å². The summed E-state index contributed by atoms with van der Waals surface area (Å²) in [5.74, 6) is 0. The summed E-state index contributed by atoms with van der Waals surface area (Å²) in [4.78, 5) is 2.04. The van der Waals surface area contributed by atoms with Gasteiger partial charge in [-0.3, -0.25) is 0 Å². The van der Waals surface area contributed by atoms with Crippen molar-refractivity contribution in [1.82, 2.24) is 4.72 Å². The molecule has 0 atom stereocenters. The Morgan fingerprint density at radius 3 is 2.53 bits per heavy atom. The van der Waals surface area contributed by atoms with Gasteiger partial charge in [0.2, 0.25) is 10.0 Å². The molecule has 0 saturated heterocycles. The molecule has 2 aromatic rings. The van der Waals surface area contributed by atoms with Gasteiger partial charge in [0.15, 0.2) is 0 Å². The van der Waals surface area contributed by atoms with Gasteiger partial charge in [-0.2, -0.15) is 0 Å². The lowest BCUT2D eigenvalue weighted by Gasteiger charge is -1.97. The standard InChI is InChI=1S/C11H11NO2S3/c1-12-17(13,14)11-7-10(8-15-11)16-9-5-3-2-4-6-9/h2-8,12H,1H3. The summed E-state index contributed by atoms with van der Waals surface area (Å²) >= 11 is 2.78. The van der Waals surface area contributed by atoms with Crippen LogP contribution in [-0.4, -0.2) is 15.5 Å². The van der Waals surface area contributed by atoms with Crippen LogP contribution >= 0.6 is 23.1 Å². The van der Waals surface area contributed by atoms with Gasteiger partial charge in [-0.25, -0.2) is 13.1 Å². The Morgan fingerprint density at radius 2 is 1.88 bits per heavy atom. The molecule has 17 heavy (non-hydrogen) atoms. The maximum Gasteiger partial charge on any atom is 0.249 e. The molecule has 0 aliphatic carbocycles. The van der Waals surface area contributed by atoms with E-state index in [1.807, 2.05) is 35.7 Å². The van der Waals surface area contributed by atoms with E-state index < -0.39 is 10.0 Å². The van der Waals surface area contributed by atoms with Gasteiger partial charge in [0.25, 0.3) is 0 Å². The molecule has 0 aliphatic heterocycles. The predicted octanol–water partition coefficient (Wildman–Crippen LogP) is 2.81. The average molecular weight is 285 g/mol. The topological polar surface area (TPSA) is 46.2 Å². The number of rotatable bonds is 4. The van der Waals surface area contributed by atoms with Gasteiger partial charge >= 0.3 is 0 Å². The zero-order chi connectivity index (χ0) is 12.3. The van der Waals surface area contributed by atoms with Crippen LogP contribution in [0.2, 0.25) is 0 Å². The molecule has 1 N–H and O–H groups in total. The lowest BCUT2D eigenvalue weighted by Crippen LogP contribution is -2.17. The van der Waals surface area contributed by atoms with E-state index in [1.54, 1.807) is 17.8 Å². The monoisotopic (exact) mass is 285 g/mol. The molecule has 0 bridgehead atoms. The van der Waals surface area contributed by atoms with E-state index in [1.165, 1.54) is 18.4 Å². The molecule has 0 radical (unpaired) electrons. The number of thiophene rings is 1. The third kappa shape index (κ3) is 3.10. The van der Waals surface area contributed by atoms with Crippen LogP contribution in [0.3, 0.4) is 0 Å². The van der Waals surface area contributed by atoms with Gasteiger partial charge in [0, 0.05) is 15.2 Å². The van der Waals surface area contributed by atoms with Crippen LogP contribution in [0.4, 0.5) is 0 Å². The van der Waals surface area contributed by atoms with Crippen molar-refractivity contribution in [3.8, 4) is 0 Å². The fourth-order valence-corrected chi connectivity index (χ4v) is 4.33. The Hall–Kier alpha value is -0.820. The normalized spacial score (nSPS) is 11.6. The Balaban J connectivity index is 2.20. The Labute approximate surface area is 109 Å². The molecule has 0 saturated carbocycles. The van der Waals surface area contributed by atoms with E-state index >= 15 is 0 Å². The van der Waals surface area contributed by atoms with Crippen molar-refractivity contribution in [2.45, 2.75) is 14.0 Å². The first-order chi connectivity index (χ1) is 8.12. The average Bonchev–Trinajstić information content (AvgIpc) is 2.80. The van der Waals surface area contributed by atoms with Gasteiger partial charge in [-0.1, -0.05) is 30.0 Å². The smallest absolute Gasteiger partial charge is 0.214 e. The molecular weight excluding hydrogens is 274 g/mol. The first-order valence-electron chi connectivity index (χ1n) is 4.87. The van der Waals surface area contributed by atoms with Gasteiger partial charge < -0.3 is 0 Å². The highest BCUT2D eigenvalue weighted by molar-refractivity contribution is 7.99. The molecular formula is C11H11NO2S3. The predicted molar refractivity (Wildman–Crippen MR) is 71.1 cm³/mol. The van der Waals surface area contributed by atoms with E-state index in [9.17, 15) is 8.42 Å². The largest absolute Gasteiger partial charge is 0.249 e. The highest BCUT2D eigenvalue weighted by atomic mass is 32.2. The first-order valence-corrected chi connectivity index (χ1v) is 8.05. The van der Waals surface area contributed by atoms with E-state index in [0.29, 0.717) is 4.21 Å². The molecule has 2 rings (SSSR count). The summed E-state index contributed by atoms with van der Waals surface area (Å²) < 4.78 is 25.8. The number of hydrogen-bond donors (Lipinski definition) is 1.